The van der Waals surface area contributed by atoms with E-state index >= 15 is 0 Å². The van der Waals surface area contributed by atoms with Crippen LogP contribution < -0.4 is 10.2 Å². The van der Waals surface area contributed by atoms with Crippen molar-refractivity contribution in [3.63, 3.8) is 0 Å². The third kappa shape index (κ3) is 3.26. The topological polar surface area (TPSA) is 71.2 Å². The third-order valence-corrected chi connectivity index (χ3v) is 4.74. The highest BCUT2D eigenvalue weighted by atomic mass is 15.4. The molecule has 1 N–H and O–H groups in total. The summed E-state index contributed by atoms with van der Waals surface area (Å²) in [4.78, 5) is 15.6. The first-order valence-electron chi connectivity index (χ1n) is 8.84. The summed E-state index contributed by atoms with van der Waals surface area (Å²) in [5.74, 6) is 3.30. The van der Waals surface area contributed by atoms with Crippen LogP contribution in [0, 0.1) is 12.8 Å². The van der Waals surface area contributed by atoms with Gasteiger partial charge in [-0.05, 0) is 37.3 Å². The molecule has 3 aromatic rings. The van der Waals surface area contributed by atoms with Gasteiger partial charge >= 0.3 is 0 Å². The second-order valence-corrected chi connectivity index (χ2v) is 6.63. The number of hydrogen-bond donors (Lipinski definition) is 1. The van der Waals surface area contributed by atoms with Gasteiger partial charge in [-0.25, -0.2) is 9.97 Å². The van der Waals surface area contributed by atoms with Crippen LogP contribution in [0.5, 0.6) is 0 Å². The van der Waals surface area contributed by atoms with Gasteiger partial charge in [-0.15, -0.1) is 0 Å². The van der Waals surface area contributed by atoms with E-state index in [-0.39, 0.29) is 0 Å². The molecule has 0 spiro atoms. The van der Waals surface area contributed by atoms with E-state index in [1.807, 2.05) is 16.8 Å². The summed E-state index contributed by atoms with van der Waals surface area (Å²) < 4.78 is 1.84. The summed E-state index contributed by atoms with van der Waals surface area (Å²) in [7, 11) is 0. The SMILES string of the molecule is CCc1cc(N2CCC(CNc3ccc(C)cn3)C2)n2ncnc2n1. The van der Waals surface area contributed by atoms with Crippen LogP contribution in [-0.4, -0.2) is 44.2 Å². The van der Waals surface area contributed by atoms with Crippen LogP contribution in [-0.2, 0) is 6.42 Å². The predicted molar refractivity (Wildman–Crippen MR) is 97.9 cm³/mol. The molecule has 25 heavy (non-hydrogen) atoms. The maximum absolute atomic E-state index is 4.53. The Hall–Kier alpha value is -2.70. The van der Waals surface area contributed by atoms with Crippen LogP contribution in [0.3, 0.4) is 0 Å². The Kier molecular flexibility index (Phi) is 4.21. The van der Waals surface area contributed by atoms with Gasteiger partial charge in [0.15, 0.2) is 0 Å². The van der Waals surface area contributed by atoms with E-state index in [9.17, 15) is 0 Å². The van der Waals surface area contributed by atoms with Crippen molar-refractivity contribution in [3.8, 4) is 0 Å². The molecule has 3 aromatic heterocycles. The van der Waals surface area contributed by atoms with Gasteiger partial charge in [0.05, 0.1) is 0 Å². The monoisotopic (exact) mass is 337 g/mol. The van der Waals surface area contributed by atoms with E-state index in [1.54, 1.807) is 6.33 Å². The summed E-state index contributed by atoms with van der Waals surface area (Å²) in [5, 5.41) is 7.80. The van der Waals surface area contributed by atoms with Gasteiger partial charge < -0.3 is 10.2 Å². The Morgan fingerprint density at radius 2 is 2.20 bits per heavy atom. The van der Waals surface area contributed by atoms with Crippen molar-refractivity contribution >= 4 is 17.4 Å². The molecule has 1 unspecified atom stereocenters. The Labute approximate surface area is 147 Å². The predicted octanol–water partition coefficient (Wildman–Crippen LogP) is 2.33. The van der Waals surface area contributed by atoms with Crippen LogP contribution in [0.2, 0.25) is 0 Å². The number of rotatable bonds is 5. The minimum Gasteiger partial charge on any atom is -0.370 e. The lowest BCUT2D eigenvalue weighted by Gasteiger charge is -2.20. The Balaban J connectivity index is 1.45. The van der Waals surface area contributed by atoms with Gasteiger partial charge in [0.25, 0.3) is 5.78 Å². The van der Waals surface area contributed by atoms with Crippen LogP contribution in [0.25, 0.3) is 5.78 Å². The summed E-state index contributed by atoms with van der Waals surface area (Å²) >= 11 is 0. The first-order valence-corrected chi connectivity index (χ1v) is 8.84. The summed E-state index contributed by atoms with van der Waals surface area (Å²) in [6.07, 6.45) is 5.52. The Morgan fingerprint density at radius 1 is 1.28 bits per heavy atom. The Bertz CT molecular complexity index is 855. The molecule has 0 aliphatic carbocycles. The molecule has 1 fully saturated rings. The van der Waals surface area contributed by atoms with Gasteiger partial charge in [-0.3, -0.25) is 0 Å². The summed E-state index contributed by atoms with van der Waals surface area (Å²) in [5.41, 5.74) is 2.24. The fourth-order valence-corrected chi connectivity index (χ4v) is 3.28. The second-order valence-electron chi connectivity index (χ2n) is 6.63. The molecule has 0 aromatic carbocycles. The lowest BCUT2D eigenvalue weighted by atomic mass is 10.1. The second kappa shape index (κ2) is 6.66. The van der Waals surface area contributed by atoms with Crippen LogP contribution in [0.4, 0.5) is 11.6 Å². The minimum atomic E-state index is 0.583. The Morgan fingerprint density at radius 3 is 3.00 bits per heavy atom. The molecule has 1 atom stereocenters. The quantitative estimate of drug-likeness (QED) is 0.770. The van der Waals surface area contributed by atoms with Crippen LogP contribution >= 0.6 is 0 Å². The molecule has 1 aliphatic rings. The van der Waals surface area contributed by atoms with Gasteiger partial charge in [0.2, 0.25) is 0 Å². The molecule has 1 aliphatic heterocycles. The molecule has 7 heteroatoms. The minimum absolute atomic E-state index is 0.583. The van der Waals surface area contributed by atoms with E-state index < -0.39 is 0 Å². The van der Waals surface area contributed by atoms with Crippen molar-refractivity contribution in [2.75, 3.05) is 29.9 Å². The normalized spacial score (nSPS) is 17.4. The molecule has 4 rings (SSSR count). The molecule has 0 saturated carbocycles. The smallest absolute Gasteiger partial charge is 0.254 e. The number of pyridine rings is 1. The van der Waals surface area contributed by atoms with Crippen molar-refractivity contribution < 1.29 is 0 Å². The number of fused-ring (bicyclic) bond motifs is 1. The fourth-order valence-electron chi connectivity index (χ4n) is 3.28. The highest BCUT2D eigenvalue weighted by Gasteiger charge is 2.25. The molecule has 130 valence electrons. The zero-order chi connectivity index (χ0) is 17.2. The van der Waals surface area contributed by atoms with Crippen molar-refractivity contribution in [2.24, 2.45) is 5.92 Å². The van der Waals surface area contributed by atoms with Gasteiger partial charge in [0.1, 0.15) is 18.0 Å². The van der Waals surface area contributed by atoms with Crippen molar-refractivity contribution in [2.45, 2.75) is 26.7 Å². The number of anilines is 2. The van der Waals surface area contributed by atoms with E-state index in [4.69, 9.17) is 0 Å². The lowest BCUT2D eigenvalue weighted by molar-refractivity contribution is 0.620. The van der Waals surface area contributed by atoms with E-state index in [2.05, 4.69) is 56.2 Å². The average molecular weight is 337 g/mol. The number of aryl methyl sites for hydroxylation is 2. The van der Waals surface area contributed by atoms with Gasteiger partial charge in [-0.2, -0.15) is 14.6 Å². The van der Waals surface area contributed by atoms with E-state index in [1.165, 1.54) is 5.56 Å². The molecular formula is C18H23N7. The molecule has 1 saturated heterocycles. The highest BCUT2D eigenvalue weighted by Crippen LogP contribution is 2.25. The number of nitrogens with zero attached hydrogens (tertiary/aromatic N) is 6. The summed E-state index contributed by atoms with van der Waals surface area (Å²) in [6, 6.07) is 6.26. The van der Waals surface area contributed by atoms with E-state index in [0.29, 0.717) is 11.7 Å². The van der Waals surface area contributed by atoms with E-state index in [0.717, 1.165) is 49.8 Å². The van der Waals surface area contributed by atoms with Gasteiger partial charge in [-0.1, -0.05) is 13.0 Å². The van der Waals surface area contributed by atoms with Crippen LogP contribution in [0.1, 0.15) is 24.6 Å². The van der Waals surface area contributed by atoms with Crippen molar-refractivity contribution in [1.82, 2.24) is 24.6 Å². The number of hydrogen-bond acceptors (Lipinski definition) is 6. The molecule has 4 heterocycles. The summed E-state index contributed by atoms with van der Waals surface area (Å²) in [6.45, 7) is 7.12. The largest absolute Gasteiger partial charge is 0.370 e. The standard InChI is InChI=1S/C18H23N7/c1-3-15-8-17(25-18(23-15)21-12-22-25)24-7-6-14(11-24)10-20-16-5-4-13(2)9-19-16/h4-5,8-9,12,14H,3,6-7,10-11H2,1-2H3,(H,19,20). The number of nitrogens with one attached hydrogen (secondary N) is 1. The maximum Gasteiger partial charge on any atom is 0.254 e. The number of aromatic nitrogens is 5. The fraction of sp³-hybridized carbons (Fsp3) is 0.444. The average Bonchev–Trinajstić information content (AvgIpc) is 3.29. The first-order chi connectivity index (χ1) is 12.2. The van der Waals surface area contributed by atoms with Crippen molar-refractivity contribution in [3.05, 3.63) is 42.0 Å². The highest BCUT2D eigenvalue weighted by molar-refractivity contribution is 5.48. The van der Waals surface area contributed by atoms with Crippen molar-refractivity contribution in [1.29, 1.82) is 0 Å². The zero-order valence-corrected chi connectivity index (χ0v) is 14.7. The first kappa shape index (κ1) is 15.8. The zero-order valence-electron chi connectivity index (χ0n) is 14.7. The lowest BCUT2D eigenvalue weighted by Crippen LogP contribution is -2.25. The maximum atomic E-state index is 4.53. The molecule has 0 amide bonds. The van der Waals surface area contributed by atoms with Gasteiger partial charge in [0, 0.05) is 37.6 Å². The molecule has 7 nitrogen and oxygen atoms in total. The molecule has 0 radical (unpaired) electrons. The molecular weight excluding hydrogens is 314 g/mol. The third-order valence-electron chi connectivity index (χ3n) is 4.74. The van der Waals surface area contributed by atoms with Crippen LogP contribution in [0.15, 0.2) is 30.7 Å². The molecule has 0 bridgehead atoms.